The van der Waals surface area contributed by atoms with E-state index in [2.05, 4.69) is 20.8 Å². The van der Waals surface area contributed by atoms with Crippen LogP contribution < -0.4 is 20.1 Å². The van der Waals surface area contributed by atoms with Gasteiger partial charge in [0.25, 0.3) is 0 Å². The van der Waals surface area contributed by atoms with Crippen LogP contribution in [0.3, 0.4) is 0 Å². The number of ether oxygens (including phenoxy) is 2. The van der Waals surface area contributed by atoms with E-state index >= 15 is 0 Å². The maximum Gasteiger partial charge on any atom is 0.234 e. The third-order valence-corrected chi connectivity index (χ3v) is 5.56. The Morgan fingerprint density at radius 3 is 2.73 bits per heavy atom. The molecule has 26 heavy (non-hydrogen) atoms. The maximum absolute atomic E-state index is 12.2. The number of rotatable bonds is 8. The molecule has 1 aliphatic rings. The first-order valence-corrected chi connectivity index (χ1v) is 9.68. The minimum atomic E-state index is -0.208. The highest BCUT2D eigenvalue weighted by Crippen LogP contribution is 2.32. The predicted molar refractivity (Wildman–Crippen MR) is 100 cm³/mol. The van der Waals surface area contributed by atoms with Crippen molar-refractivity contribution in [2.45, 2.75) is 17.2 Å². The fourth-order valence-corrected chi connectivity index (χ4v) is 3.65. The van der Waals surface area contributed by atoms with E-state index in [0.717, 1.165) is 12.8 Å². The average Bonchev–Trinajstić information content (AvgIpc) is 3.41. The predicted octanol–water partition coefficient (Wildman–Crippen LogP) is 2.63. The number of benzene rings is 1. The van der Waals surface area contributed by atoms with Crippen molar-refractivity contribution in [2.24, 2.45) is 5.92 Å². The molecule has 0 saturated heterocycles. The Morgan fingerprint density at radius 1 is 1.23 bits per heavy atom. The van der Waals surface area contributed by atoms with E-state index in [-0.39, 0.29) is 23.5 Å². The van der Waals surface area contributed by atoms with E-state index in [1.165, 1.54) is 30.2 Å². The Labute approximate surface area is 158 Å². The fraction of sp³-hybridized carbons (Fsp3) is 0.375. The van der Waals surface area contributed by atoms with Gasteiger partial charge in [-0.1, -0.05) is 23.1 Å². The molecule has 0 bridgehead atoms. The zero-order chi connectivity index (χ0) is 18.5. The second-order valence-electron chi connectivity index (χ2n) is 5.54. The molecule has 1 aromatic heterocycles. The molecule has 1 fully saturated rings. The molecule has 1 aliphatic carbocycles. The molecule has 0 atom stereocenters. The van der Waals surface area contributed by atoms with Gasteiger partial charge in [0.05, 0.1) is 25.7 Å². The lowest BCUT2D eigenvalue weighted by molar-refractivity contribution is -0.117. The summed E-state index contributed by atoms with van der Waals surface area (Å²) >= 11 is 2.51. The number of methoxy groups -OCH3 is 2. The number of carbonyl (C=O) groups is 2. The summed E-state index contributed by atoms with van der Waals surface area (Å²) in [6.07, 6.45) is 1.86. The maximum atomic E-state index is 12.2. The lowest BCUT2D eigenvalue weighted by Crippen LogP contribution is -2.14. The molecule has 138 valence electrons. The van der Waals surface area contributed by atoms with Gasteiger partial charge in [-0.2, -0.15) is 0 Å². The van der Waals surface area contributed by atoms with E-state index in [0.29, 0.717) is 26.7 Å². The second kappa shape index (κ2) is 8.37. The van der Waals surface area contributed by atoms with Crippen molar-refractivity contribution in [1.29, 1.82) is 0 Å². The SMILES string of the molecule is COc1ccc(OC)c(NC(=O)CSc2nnc(NC(=O)C3CC3)s2)c1. The largest absolute Gasteiger partial charge is 0.497 e. The number of anilines is 2. The Bertz CT molecular complexity index is 807. The van der Waals surface area contributed by atoms with Gasteiger partial charge in [0.1, 0.15) is 11.5 Å². The fourth-order valence-electron chi connectivity index (χ4n) is 2.10. The summed E-state index contributed by atoms with van der Waals surface area (Å²) in [6.45, 7) is 0. The van der Waals surface area contributed by atoms with E-state index < -0.39 is 0 Å². The number of thioether (sulfide) groups is 1. The molecular weight excluding hydrogens is 376 g/mol. The molecule has 2 amide bonds. The Hall–Kier alpha value is -2.33. The third kappa shape index (κ3) is 4.85. The van der Waals surface area contributed by atoms with Crippen molar-refractivity contribution in [2.75, 3.05) is 30.6 Å². The van der Waals surface area contributed by atoms with Crippen LogP contribution in [0, 0.1) is 5.92 Å². The first-order valence-electron chi connectivity index (χ1n) is 7.88. The van der Waals surface area contributed by atoms with Gasteiger partial charge in [0.2, 0.25) is 16.9 Å². The minimum Gasteiger partial charge on any atom is -0.497 e. The molecule has 10 heteroatoms. The van der Waals surface area contributed by atoms with Crippen molar-refractivity contribution in [3.8, 4) is 11.5 Å². The highest BCUT2D eigenvalue weighted by molar-refractivity contribution is 8.01. The lowest BCUT2D eigenvalue weighted by atomic mass is 10.2. The normalized spacial score (nSPS) is 13.2. The van der Waals surface area contributed by atoms with Crippen molar-refractivity contribution in [3.05, 3.63) is 18.2 Å². The molecule has 0 radical (unpaired) electrons. The third-order valence-electron chi connectivity index (χ3n) is 3.59. The number of hydrogen-bond donors (Lipinski definition) is 2. The van der Waals surface area contributed by atoms with Crippen LogP contribution in [-0.2, 0) is 9.59 Å². The number of nitrogens with zero attached hydrogens (tertiary/aromatic N) is 2. The molecule has 8 nitrogen and oxygen atoms in total. The van der Waals surface area contributed by atoms with Gasteiger partial charge < -0.3 is 20.1 Å². The van der Waals surface area contributed by atoms with Crippen LogP contribution in [0.15, 0.2) is 22.5 Å². The summed E-state index contributed by atoms with van der Waals surface area (Å²) in [7, 11) is 3.09. The van der Waals surface area contributed by atoms with Crippen molar-refractivity contribution in [3.63, 3.8) is 0 Å². The lowest BCUT2D eigenvalue weighted by Gasteiger charge is -2.11. The summed E-state index contributed by atoms with van der Waals surface area (Å²) < 4.78 is 11.0. The van der Waals surface area contributed by atoms with Gasteiger partial charge >= 0.3 is 0 Å². The van der Waals surface area contributed by atoms with Crippen LogP contribution in [0.2, 0.25) is 0 Å². The van der Waals surface area contributed by atoms with Gasteiger partial charge in [-0.15, -0.1) is 10.2 Å². The first-order chi connectivity index (χ1) is 12.6. The topological polar surface area (TPSA) is 102 Å². The molecule has 0 unspecified atom stereocenters. The first kappa shape index (κ1) is 18.5. The number of amides is 2. The highest BCUT2D eigenvalue weighted by atomic mass is 32.2. The van der Waals surface area contributed by atoms with E-state index in [1.807, 2.05) is 0 Å². The molecule has 0 aliphatic heterocycles. The molecule has 0 spiro atoms. The van der Waals surface area contributed by atoms with Crippen LogP contribution in [0.1, 0.15) is 12.8 Å². The van der Waals surface area contributed by atoms with Crippen LogP contribution in [-0.4, -0.2) is 42.0 Å². The van der Waals surface area contributed by atoms with Crippen molar-refractivity contribution < 1.29 is 19.1 Å². The van der Waals surface area contributed by atoms with E-state index in [1.54, 1.807) is 25.3 Å². The van der Waals surface area contributed by atoms with Crippen molar-refractivity contribution >= 4 is 45.7 Å². The van der Waals surface area contributed by atoms with Crippen LogP contribution in [0.5, 0.6) is 11.5 Å². The summed E-state index contributed by atoms with van der Waals surface area (Å²) in [5, 5.41) is 13.9. The van der Waals surface area contributed by atoms with E-state index in [9.17, 15) is 9.59 Å². The Kier molecular flexibility index (Phi) is 5.94. The molecule has 1 saturated carbocycles. The quantitative estimate of drug-likeness (QED) is 0.524. The molecule has 3 rings (SSSR count). The summed E-state index contributed by atoms with van der Waals surface area (Å²) in [4.78, 5) is 23.9. The summed E-state index contributed by atoms with van der Waals surface area (Å²) in [6, 6.07) is 5.17. The number of hydrogen-bond acceptors (Lipinski definition) is 8. The van der Waals surface area contributed by atoms with Gasteiger partial charge in [-0.25, -0.2) is 0 Å². The summed E-state index contributed by atoms with van der Waals surface area (Å²) in [5.41, 5.74) is 0.534. The van der Waals surface area contributed by atoms with Gasteiger partial charge in [-0.3, -0.25) is 9.59 Å². The zero-order valence-electron chi connectivity index (χ0n) is 14.3. The number of aromatic nitrogens is 2. The van der Waals surface area contributed by atoms with Crippen LogP contribution >= 0.6 is 23.1 Å². The smallest absolute Gasteiger partial charge is 0.234 e. The standard InChI is InChI=1S/C16H18N4O4S2/c1-23-10-5-6-12(24-2)11(7-10)17-13(21)8-25-16-20-19-15(26-16)18-14(22)9-3-4-9/h5-7,9H,3-4,8H2,1-2H3,(H,17,21)(H,18,19,22). The second-order valence-corrected chi connectivity index (χ2v) is 7.74. The highest BCUT2D eigenvalue weighted by Gasteiger charge is 2.30. The van der Waals surface area contributed by atoms with Crippen molar-refractivity contribution in [1.82, 2.24) is 10.2 Å². The number of nitrogens with one attached hydrogen (secondary N) is 2. The molecular formula is C16H18N4O4S2. The minimum absolute atomic E-state index is 0.0134. The monoisotopic (exact) mass is 394 g/mol. The number of carbonyl (C=O) groups excluding carboxylic acids is 2. The molecule has 2 N–H and O–H groups in total. The Balaban J connectivity index is 1.52. The van der Waals surface area contributed by atoms with Crippen LogP contribution in [0.25, 0.3) is 0 Å². The molecule has 1 heterocycles. The van der Waals surface area contributed by atoms with Gasteiger partial charge in [0.15, 0.2) is 4.34 Å². The average molecular weight is 394 g/mol. The van der Waals surface area contributed by atoms with Gasteiger partial charge in [0, 0.05) is 12.0 Å². The Morgan fingerprint density at radius 2 is 2.04 bits per heavy atom. The van der Waals surface area contributed by atoms with E-state index in [4.69, 9.17) is 9.47 Å². The van der Waals surface area contributed by atoms with Gasteiger partial charge in [-0.05, 0) is 25.0 Å². The van der Waals surface area contributed by atoms with Crippen LogP contribution in [0.4, 0.5) is 10.8 Å². The zero-order valence-corrected chi connectivity index (χ0v) is 15.9. The molecule has 1 aromatic carbocycles. The summed E-state index contributed by atoms with van der Waals surface area (Å²) in [5.74, 6) is 1.21. The molecule has 2 aromatic rings.